The molecule has 0 fully saturated rings. The fraction of sp³-hybridized carbons (Fsp3) is 0.278. The second-order valence-corrected chi connectivity index (χ2v) is 7.51. The Kier molecular flexibility index (Phi) is 6.59. The molecule has 0 aliphatic rings. The normalized spacial score (nSPS) is 14.4. The number of carbonyl (C=O) groups is 1. The van der Waals surface area contributed by atoms with E-state index in [-0.39, 0.29) is 6.61 Å². The molecule has 0 saturated carbocycles. The van der Waals surface area contributed by atoms with Gasteiger partial charge in [0.15, 0.2) is 0 Å². The summed E-state index contributed by atoms with van der Waals surface area (Å²) in [6.45, 7) is 3.46. The van der Waals surface area contributed by atoms with Crippen LogP contribution in [0.2, 0.25) is 0 Å². The summed E-state index contributed by atoms with van der Waals surface area (Å²) in [4.78, 5) is 12.2. The maximum atomic E-state index is 12.8. The lowest BCUT2D eigenvalue weighted by molar-refractivity contribution is -0.145. The first kappa shape index (κ1) is 18.2. The first-order chi connectivity index (χ1) is 11.5. The van der Waals surface area contributed by atoms with Crippen LogP contribution in [0.15, 0.2) is 60.7 Å². The van der Waals surface area contributed by atoms with Gasteiger partial charge in [-0.2, -0.15) is 0 Å². The van der Waals surface area contributed by atoms with E-state index in [4.69, 9.17) is 9.26 Å². The van der Waals surface area contributed by atoms with Crippen molar-refractivity contribution in [2.75, 3.05) is 13.3 Å². The number of carbonyl (C=O) groups excluding carboxylic acids is 1. The van der Waals surface area contributed by atoms with Crippen molar-refractivity contribution in [1.29, 1.82) is 0 Å². The molecule has 0 aliphatic heterocycles. The van der Waals surface area contributed by atoms with Crippen molar-refractivity contribution in [3.8, 4) is 5.75 Å². The highest BCUT2D eigenvalue weighted by Crippen LogP contribution is 2.39. The SMILES string of the molecule is CCOC(=O)[C@H](Cc1ccccc1)NP(C)(=O)Oc1ccccc1. The van der Waals surface area contributed by atoms with E-state index in [1.54, 1.807) is 31.2 Å². The molecule has 0 radical (unpaired) electrons. The van der Waals surface area contributed by atoms with Crippen LogP contribution >= 0.6 is 7.52 Å². The molecule has 5 nitrogen and oxygen atoms in total. The van der Waals surface area contributed by atoms with E-state index in [0.29, 0.717) is 12.2 Å². The average Bonchev–Trinajstić information content (AvgIpc) is 2.55. The van der Waals surface area contributed by atoms with Gasteiger partial charge < -0.3 is 9.26 Å². The van der Waals surface area contributed by atoms with Crippen LogP contribution in [0.4, 0.5) is 0 Å². The van der Waals surface area contributed by atoms with E-state index in [2.05, 4.69) is 5.09 Å². The largest absolute Gasteiger partial charge is 0.465 e. The molecule has 1 N–H and O–H groups in total. The molecule has 0 amide bonds. The summed E-state index contributed by atoms with van der Waals surface area (Å²) >= 11 is 0. The Bertz CT molecular complexity index is 691. The molecule has 24 heavy (non-hydrogen) atoms. The summed E-state index contributed by atoms with van der Waals surface area (Å²) < 4.78 is 23.4. The molecule has 0 aromatic heterocycles. The van der Waals surface area contributed by atoms with Crippen LogP contribution in [0.5, 0.6) is 5.75 Å². The molecule has 128 valence electrons. The van der Waals surface area contributed by atoms with Crippen molar-refractivity contribution in [1.82, 2.24) is 5.09 Å². The molecule has 0 saturated heterocycles. The van der Waals surface area contributed by atoms with E-state index in [0.717, 1.165) is 5.56 Å². The predicted molar refractivity (Wildman–Crippen MR) is 94.3 cm³/mol. The van der Waals surface area contributed by atoms with Crippen molar-refractivity contribution < 1.29 is 18.6 Å². The summed E-state index contributed by atoms with van der Waals surface area (Å²) in [5, 5.41) is 2.83. The zero-order valence-corrected chi connectivity index (χ0v) is 14.7. The topological polar surface area (TPSA) is 64.6 Å². The third-order valence-corrected chi connectivity index (χ3v) is 4.61. The zero-order valence-electron chi connectivity index (χ0n) is 13.8. The third-order valence-electron chi connectivity index (χ3n) is 3.27. The van der Waals surface area contributed by atoms with Crippen molar-refractivity contribution in [3.05, 3.63) is 66.2 Å². The van der Waals surface area contributed by atoms with Crippen LogP contribution < -0.4 is 9.61 Å². The van der Waals surface area contributed by atoms with Crippen LogP contribution in [0.1, 0.15) is 12.5 Å². The van der Waals surface area contributed by atoms with Crippen LogP contribution in [0, 0.1) is 0 Å². The molecule has 0 heterocycles. The lowest BCUT2D eigenvalue weighted by atomic mass is 10.1. The summed E-state index contributed by atoms with van der Waals surface area (Å²) in [6.07, 6.45) is 0.371. The highest BCUT2D eigenvalue weighted by Gasteiger charge is 2.28. The van der Waals surface area contributed by atoms with Crippen LogP contribution in [0.3, 0.4) is 0 Å². The first-order valence-corrected chi connectivity index (χ1v) is 9.88. The summed E-state index contributed by atoms with van der Waals surface area (Å²) in [5.41, 5.74) is 0.947. The van der Waals surface area contributed by atoms with Gasteiger partial charge in [-0.1, -0.05) is 48.5 Å². The van der Waals surface area contributed by atoms with Gasteiger partial charge in [0.05, 0.1) is 6.61 Å². The van der Waals surface area contributed by atoms with E-state index >= 15 is 0 Å². The number of para-hydroxylation sites is 1. The van der Waals surface area contributed by atoms with Gasteiger partial charge in [0.1, 0.15) is 11.8 Å². The Labute approximate surface area is 142 Å². The first-order valence-electron chi connectivity index (χ1n) is 7.80. The van der Waals surface area contributed by atoms with Crippen molar-refractivity contribution in [2.45, 2.75) is 19.4 Å². The van der Waals surface area contributed by atoms with Gasteiger partial charge in [0.25, 0.3) is 0 Å². The second-order valence-electron chi connectivity index (χ2n) is 5.37. The number of nitrogens with one attached hydrogen (secondary N) is 1. The standard InChI is InChI=1S/C18H22NO4P/c1-3-22-18(20)17(14-15-10-6-4-7-11-15)19-24(2,21)23-16-12-8-5-9-13-16/h4-13,17H,3,14H2,1-2H3,(H,19,21)/t17-,24?/m0/s1. The summed E-state index contributed by atoms with van der Waals surface area (Å²) in [7, 11) is -3.24. The Hall–Kier alpha value is -2.10. The van der Waals surface area contributed by atoms with Gasteiger partial charge in [-0.3, -0.25) is 9.36 Å². The quantitative estimate of drug-likeness (QED) is 0.583. The van der Waals surface area contributed by atoms with Crippen molar-refractivity contribution in [3.63, 3.8) is 0 Å². The molecule has 0 spiro atoms. The number of hydrogen-bond donors (Lipinski definition) is 1. The highest BCUT2D eigenvalue weighted by atomic mass is 31.2. The van der Waals surface area contributed by atoms with Gasteiger partial charge in [-0.15, -0.1) is 0 Å². The molecule has 0 bridgehead atoms. The van der Waals surface area contributed by atoms with Gasteiger partial charge >= 0.3 is 13.5 Å². The fourth-order valence-corrected chi connectivity index (χ4v) is 3.61. The lowest BCUT2D eigenvalue weighted by Crippen LogP contribution is -2.38. The molecule has 6 heteroatoms. The molecule has 2 atom stereocenters. The Balaban J connectivity index is 2.11. The molecule has 2 aromatic rings. The Morgan fingerprint density at radius 1 is 1.08 bits per heavy atom. The smallest absolute Gasteiger partial charge is 0.323 e. The maximum absolute atomic E-state index is 12.8. The van der Waals surface area contributed by atoms with E-state index in [1.165, 1.54) is 6.66 Å². The molecule has 0 aliphatic carbocycles. The molecule has 2 rings (SSSR count). The minimum absolute atomic E-state index is 0.263. The Morgan fingerprint density at radius 2 is 1.67 bits per heavy atom. The van der Waals surface area contributed by atoms with Crippen LogP contribution in [-0.4, -0.2) is 25.3 Å². The number of hydrogen-bond acceptors (Lipinski definition) is 4. The molecule has 1 unspecified atom stereocenters. The highest BCUT2D eigenvalue weighted by molar-refractivity contribution is 7.56. The number of ether oxygens (including phenoxy) is 1. The van der Waals surface area contributed by atoms with Crippen LogP contribution in [-0.2, 0) is 20.5 Å². The fourth-order valence-electron chi connectivity index (χ4n) is 2.27. The van der Waals surface area contributed by atoms with Crippen molar-refractivity contribution >= 4 is 13.5 Å². The van der Waals surface area contributed by atoms with Gasteiger partial charge in [-0.05, 0) is 31.0 Å². The zero-order chi connectivity index (χ0) is 17.4. The summed E-state index contributed by atoms with van der Waals surface area (Å²) in [5.74, 6) is 0.0400. The molecular formula is C18H22NO4P. The van der Waals surface area contributed by atoms with Crippen molar-refractivity contribution in [2.24, 2.45) is 0 Å². The monoisotopic (exact) mass is 347 g/mol. The maximum Gasteiger partial charge on any atom is 0.323 e. The minimum Gasteiger partial charge on any atom is -0.465 e. The predicted octanol–water partition coefficient (Wildman–Crippen LogP) is 3.65. The van der Waals surface area contributed by atoms with E-state index < -0.39 is 19.5 Å². The van der Waals surface area contributed by atoms with Gasteiger partial charge in [-0.25, -0.2) is 5.09 Å². The molecule has 2 aromatic carbocycles. The third kappa shape index (κ3) is 5.84. The lowest BCUT2D eigenvalue weighted by Gasteiger charge is -2.22. The number of esters is 1. The number of rotatable bonds is 8. The van der Waals surface area contributed by atoms with E-state index in [9.17, 15) is 9.36 Å². The average molecular weight is 347 g/mol. The summed E-state index contributed by atoms with van der Waals surface area (Å²) in [6, 6.07) is 17.6. The Morgan fingerprint density at radius 3 is 2.25 bits per heavy atom. The minimum atomic E-state index is -3.24. The second kappa shape index (κ2) is 8.67. The van der Waals surface area contributed by atoms with E-state index in [1.807, 2.05) is 36.4 Å². The molecular weight excluding hydrogens is 325 g/mol. The van der Waals surface area contributed by atoms with Gasteiger partial charge in [0, 0.05) is 6.66 Å². The van der Waals surface area contributed by atoms with Crippen LogP contribution in [0.25, 0.3) is 0 Å². The number of benzene rings is 2. The van der Waals surface area contributed by atoms with Gasteiger partial charge in [0.2, 0.25) is 0 Å².